The Morgan fingerprint density at radius 1 is 1.35 bits per heavy atom. The summed E-state index contributed by atoms with van der Waals surface area (Å²) in [6.45, 7) is 2.07. The minimum absolute atomic E-state index is 0.101. The fraction of sp³-hybridized carbons (Fsp3) is 0.929. The maximum absolute atomic E-state index is 10.5. The van der Waals surface area contributed by atoms with Crippen LogP contribution in [0.15, 0.2) is 0 Å². The zero-order valence-corrected chi connectivity index (χ0v) is 11.0. The Kier molecular flexibility index (Phi) is 6.56. The maximum Gasteiger partial charge on any atom is 0.304 e. The van der Waals surface area contributed by atoms with Gasteiger partial charge in [-0.2, -0.15) is 0 Å². The van der Waals surface area contributed by atoms with Gasteiger partial charge in [-0.1, -0.05) is 51.9 Å². The third-order valence-electron chi connectivity index (χ3n) is 4.14. The molecule has 0 spiro atoms. The summed E-state index contributed by atoms with van der Waals surface area (Å²) in [5, 5.41) is 8.67. The van der Waals surface area contributed by atoms with Crippen LogP contribution in [-0.4, -0.2) is 17.1 Å². The minimum atomic E-state index is -0.782. The molecule has 17 heavy (non-hydrogen) atoms. The summed E-state index contributed by atoms with van der Waals surface area (Å²) in [6, 6.07) is -0.181. The summed E-state index contributed by atoms with van der Waals surface area (Å²) >= 11 is 0. The van der Waals surface area contributed by atoms with Crippen LogP contribution in [0.25, 0.3) is 0 Å². The van der Waals surface area contributed by atoms with Crippen LogP contribution in [0.5, 0.6) is 0 Å². The van der Waals surface area contributed by atoms with E-state index in [0.717, 1.165) is 12.3 Å². The van der Waals surface area contributed by atoms with E-state index >= 15 is 0 Å². The second kappa shape index (κ2) is 7.70. The lowest BCUT2D eigenvalue weighted by Crippen LogP contribution is -2.30. The molecule has 3 nitrogen and oxygen atoms in total. The van der Waals surface area contributed by atoms with Crippen molar-refractivity contribution in [3.63, 3.8) is 0 Å². The topological polar surface area (TPSA) is 63.3 Å². The number of carbonyl (C=O) groups is 1. The first-order chi connectivity index (χ1) is 8.09. The van der Waals surface area contributed by atoms with E-state index in [9.17, 15) is 4.79 Å². The van der Waals surface area contributed by atoms with Crippen molar-refractivity contribution in [1.82, 2.24) is 0 Å². The Bertz CT molecular complexity index is 224. The van der Waals surface area contributed by atoms with E-state index in [4.69, 9.17) is 10.8 Å². The van der Waals surface area contributed by atoms with Crippen LogP contribution in [0.4, 0.5) is 0 Å². The van der Waals surface area contributed by atoms with Gasteiger partial charge in [0.05, 0.1) is 6.42 Å². The lowest BCUT2D eigenvalue weighted by atomic mass is 9.92. The van der Waals surface area contributed by atoms with E-state index in [0.29, 0.717) is 5.92 Å². The van der Waals surface area contributed by atoms with E-state index in [-0.39, 0.29) is 12.5 Å². The zero-order valence-electron chi connectivity index (χ0n) is 11.0. The number of carboxylic acids is 1. The van der Waals surface area contributed by atoms with Crippen LogP contribution in [0.2, 0.25) is 0 Å². The quantitative estimate of drug-likeness (QED) is 0.641. The Balaban J connectivity index is 2.02. The van der Waals surface area contributed by atoms with Crippen molar-refractivity contribution in [3.05, 3.63) is 0 Å². The predicted octanol–water partition coefficient (Wildman–Crippen LogP) is 3.18. The molecule has 1 aliphatic carbocycles. The first-order valence-corrected chi connectivity index (χ1v) is 7.07. The van der Waals surface area contributed by atoms with E-state index in [1.165, 1.54) is 44.9 Å². The lowest BCUT2D eigenvalue weighted by Gasteiger charge is -2.18. The van der Waals surface area contributed by atoms with Gasteiger partial charge in [-0.05, 0) is 18.3 Å². The van der Waals surface area contributed by atoms with Crippen LogP contribution in [0, 0.1) is 11.8 Å². The molecule has 1 fully saturated rings. The highest BCUT2D eigenvalue weighted by atomic mass is 16.4. The molecule has 0 bridgehead atoms. The van der Waals surface area contributed by atoms with Crippen LogP contribution >= 0.6 is 0 Å². The van der Waals surface area contributed by atoms with E-state index in [1.807, 2.05) is 0 Å². The molecule has 2 unspecified atom stereocenters. The molecule has 1 aliphatic rings. The van der Waals surface area contributed by atoms with E-state index in [1.54, 1.807) is 0 Å². The molecule has 2 atom stereocenters. The van der Waals surface area contributed by atoms with Gasteiger partial charge in [0.25, 0.3) is 0 Å². The zero-order chi connectivity index (χ0) is 12.7. The van der Waals surface area contributed by atoms with E-state index < -0.39 is 5.97 Å². The third kappa shape index (κ3) is 6.06. The van der Waals surface area contributed by atoms with Crippen LogP contribution in [0.1, 0.15) is 64.7 Å². The van der Waals surface area contributed by atoms with Gasteiger partial charge in [-0.15, -0.1) is 0 Å². The summed E-state index contributed by atoms with van der Waals surface area (Å²) in [6.07, 6.45) is 10.7. The molecular weight excluding hydrogens is 214 g/mol. The molecule has 100 valence electrons. The van der Waals surface area contributed by atoms with Crippen LogP contribution in [-0.2, 0) is 4.79 Å². The number of hydrogen-bond donors (Lipinski definition) is 2. The summed E-state index contributed by atoms with van der Waals surface area (Å²) in [5.41, 5.74) is 5.84. The largest absolute Gasteiger partial charge is 0.481 e. The second-order valence-electron chi connectivity index (χ2n) is 5.67. The van der Waals surface area contributed by atoms with Crippen LogP contribution in [0.3, 0.4) is 0 Å². The minimum Gasteiger partial charge on any atom is -0.481 e. The molecule has 1 rings (SSSR count). The summed E-state index contributed by atoms with van der Waals surface area (Å²) in [5.74, 6) is 0.517. The SMILES string of the molecule is CC(CCCCC1CCCC1)C(N)CC(=O)O. The Morgan fingerprint density at radius 2 is 2.00 bits per heavy atom. The second-order valence-corrected chi connectivity index (χ2v) is 5.67. The number of nitrogens with two attached hydrogens (primary N) is 1. The Morgan fingerprint density at radius 3 is 2.59 bits per heavy atom. The molecule has 1 saturated carbocycles. The number of unbranched alkanes of at least 4 members (excludes halogenated alkanes) is 1. The van der Waals surface area contributed by atoms with Crippen molar-refractivity contribution in [2.75, 3.05) is 0 Å². The molecule has 0 radical (unpaired) electrons. The normalized spacial score (nSPS) is 20.4. The van der Waals surface area contributed by atoms with E-state index in [2.05, 4.69) is 6.92 Å². The molecule has 0 aromatic heterocycles. The molecule has 0 aromatic rings. The predicted molar refractivity (Wildman–Crippen MR) is 69.8 cm³/mol. The molecule has 0 heterocycles. The van der Waals surface area contributed by atoms with Gasteiger partial charge in [-0.3, -0.25) is 4.79 Å². The average Bonchev–Trinajstić information content (AvgIpc) is 2.75. The Labute approximate surface area is 105 Å². The Hall–Kier alpha value is -0.570. The smallest absolute Gasteiger partial charge is 0.304 e. The molecule has 3 N–H and O–H groups in total. The van der Waals surface area contributed by atoms with Crippen molar-refractivity contribution >= 4 is 5.97 Å². The first kappa shape index (κ1) is 14.5. The monoisotopic (exact) mass is 241 g/mol. The summed E-state index contributed by atoms with van der Waals surface area (Å²) in [4.78, 5) is 10.5. The fourth-order valence-electron chi connectivity index (χ4n) is 2.82. The number of rotatable bonds is 8. The lowest BCUT2D eigenvalue weighted by molar-refractivity contribution is -0.137. The first-order valence-electron chi connectivity index (χ1n) is 7.07. The number of aliphatic carboxylic acids is 1. The van der Waals surface area contributed by atoms with Crippen LogP contribution < -0.4 is 5.73 Å². The highest BCUT2D eigenvalue weighted by molar-refractivity contribution is 5.67. The van der Waals surface area contributed by atoms with Gasteiger partial charge in [0.1, 0.15) is 0 Å². The molecular formula is C14H27NO2. The number of hydrogen-bond acceptors (Lipinski definition) is 2. The standard InChI is InChI=1S/C14H27NO2/c1-11(13(15)10-14(16)17)6-2-3-7-12-8-4-5-9-12/h11-13H,2-10,15H2,1H3,(H,16,17). The highest BCUT2D eigenvalue weighted by Gasteiger charge is 2.17. The van der Waals surface area contributed by atoms with Gasteiger partial charge in [-0.25, -0.2) is 0 Å². The maximum atomic E-state index is 10.5. The van der Waals surface area contributed by atoms with Crippen molar-refractivity contribution in [2.45, 2.75) is 70.8 Å². The van der Waals surface area contributed by atoms with Crippen molar-refractivity contribution in [1.29, 1.82) is 0 Å². The molecule has 0 amide bonds. The van der Waals surface area contributed by atoms with Gasteiger partial charge >= 0.3 is 5.97 Å². The average molecular weight is 241 g/mol. The summed E-state index contributed by atoms with van der Waals surface area (Å²) in [7, 11) is 0. The molecule has 0 aromatic carbocycles. The van der Waals surface area contributed by atoms with Gasteiger partial charge in [0, 0.05) is 6.04 Å². The fourth-order valence-corrected chi connectivity index (χ4v) is 2.82. The molecule has 0 aliphatic heterocycles. The molecule has 0 saturated heterocycles. The van der Waals surface area contributed by atoms with Gasteiger partial charge in [0.15, 0.2) is 0 Å². The summed E-state index contributed by atoms with van der Waals surface area (Å²) < 4.78 is 0. The van der Waals surface area contributed by atoms with Gasteiger partial charge in [0.2, 0.25) is 0 Å². The van der Waals surface area contributed by atoms with Crippen molar-refractivity contribution < 1.29 is 9.90 Å². The van der Waals surface area contributed by atoms with Crippen molar-refractivity contribution in [3.8, 4) is 0 Å². The third-order valence-corrected chi connectivity index (χ3v) is 4.14. The molecule has 3 heteroatoms. The van der Waals surface area contributed by atoms with Crippen molar-refractivity contribution in [2.24, 2.45) is 17.6 Å². The van der Waals surface area contributed by atoms with Gasteiger partial charge < -0.3 is 10.8 Å². The highest BCUT2D eigenvalue weighted by Crippen LogP contribution is 2.29. The number of carboxylic acid groups (broad SMARTS) is 1.